The molecule has 1 aromatic rings. The Morgan fingerprint density at radius 2 is 2.15 bits per heavy atom. The molecule has 1 saturated heterocycles. The number of methoxy groups -OCH3 is 1. The van der Waals surface area contributed by atoms with Crippen LogP contribution in [0.25, 0.3) is 0 Å². The van der Waals surface area contributed by atoms with Crippen LogP contribution in [0.2, 0.25) is 0 Å². The molecule has 1 aliphatic heterocycles. The van der Waals surface area contributed by atoms with Crippen LogP contribution in [0.1, 0.15) is 23.2 Å². The molecular weight excluding hydrogens is 262 g/mol. The first-order valence-corrected chi connectivity index (χ1v) is 6.46. The lowest BCUT2D eigenvalue weighted by Crippen LogP contribution is -2.42. The molecule has 0 bridgehead atoms. The van der Waals surface area contributed by atoms with Crippen molar-refractivity contribution < 1.29 is 14.5 Å². The fraction of sp³-hybridized carbons (Fsp3) is 0.462. The maximum Gasteiger partial charge on any atom is 0.310 e. The van der Waals surface area contributed by atoms with Crippen molar-refractivity contribution in [1.29, 1.82) is 0 Å². The Bertz CT molecular complexity index is 512. The quantitative estimate of drug-likeness (QED) is 0.635. The Morgan fingerprint density at radius 3 is 2.75 bits per heavy atom. The topological polar surface area (TPSA) is 93.5 Å². The third kappa shape index (κ3) is 3.24. The Morgan fingerprint density at radius 1 is 1.45 bits per heavy atom. The van der Waals surface area contributed by atoms with E-state index in [-0.39, 0.29) is 23.4 Å². The molecule has 0 unspecified atom stereocenters. The van der Waals surface area contributed by atoms with Gasteiger partial charge >= 0.3 is 5.69 Å². The van der Waals surface area contributed by atoms with Gasteiger partial charge in [-0.15, -0.1) is 0 Å². The van der Waals surface area contributed by atoms with Crippen LogP contribution in [0, 0.1) is 10.1 Å². The largest absolute Gasteiger partial charge is 0.490 e. The zero-order chi connectivity index (χ0) is 14.5. The second-order valence-electron chi connectivity index (χ2n) is 4.64. The Hall–Kier alpha value is -2.15. The van der Waals surface area contributed by atoms with Crippen LogP contribution in [0.15, 0.2) is 18.2 Å². The lowest BCUT2D eigenvalue weighted by Gasteiger charge is -2.23. The molecule has 0 aliphatic carbocycles. The van der Waals surface area contributed by atoms with Crippen molar-refractivity contribution in [2.45, 2.75) is 18.9 Å². The van der Waals surface area contributed by atoms with Gasteiger partial charge in [0.15, 0.2) is 5.75 Å². The molecule has 2 rings (SSSR count). The van der Waals surface area contributed by atoms with Crippen molar-refractivity contribution in [2.24, 2.45) is 0 Å². The number of benzene rings is 1. The van der Waals surface area contributed by atoms with Crippen molar-refractivity contribution >= 4 is 11.6 Å². The molecule has 0 spiro atoms. The van der Waals surface area contributed by atoms with Crippen LogP contribution in [-0.4, -0.2) is 37.1 Å². The predicted molar refractivity (Wildman–Crippen MR) is 73.0 cm³/mol. The van der Waals surface area contributed by atoms with Crippen LogP contribution in [0.4, 0.5) is 5.69 Å². The monoisotopic (exact) mass is 279 g/mol. The van der Waals surface area contributed by atoms with E-state index in [4.69, 9.17) is 4.74 Å². The van der Waals surface area contributed by atoms with Gasteiger partial charge in [0.1, 0.15) is 0 Å². The second kappa shape index (κ2) is 6.33. The van der Waals surface area contributed by atoms with Crippen molar-refractivity contribution in [1.82, 2.24) is 10.6 Å². The van der Waals surface area contributed by atoms with Gasteiger partial charge in [0, 0.05) is 23.7 Å². The average Bonchev–Trinajstić information content (AvgIpc) is 2.47. The van der Waals surface area contributed by atoms with Gasteiger partial charge in [-0.05, 0) is 32.0 Å². The number of piperidine rings is 1. The molecule has 0 atom stereocenters. The number of hydrogen-bond donors (Lipinski definition) is 2. The summed E-state index contributed by atoms with van der Waals surface area (Å²) in [6.45, 7) is 1.77. The van der Waals surface area contributed by atoms with Gasteiger partial charge in [0.2, 0.25) is 0 Å². The fourth-order valence-electron chi connectivity index (χ4n) is 2.20. The summed E-state index contributed by atoms with van der Waals surface area (Å²) in [6.07, 6.45) is 1.77. The van der Waals surface area contributed by atoms with E-state index in [1.54, 1.807) is 0 Å². The Balaban J connectivity index is 2.11. The summed E-state index contributed by atoms with van der Waals surface area (Å²) in [7, 11) is 1.34. The molecule has 1 amide bonds. The summed E-state index contributed by atoms with van der Waals surface area (Å²) >= 11 is 0. The number of amides is 1. The first-order chi connectivity index (χ1) is 9.61. The molecule has 7 nitrogen and oxygen atoms in total. The van der Waals surface area contributed by atoms with Gasteiger partial charge in [0.25, 0.3) is 5.91 Å². The van der Waals surface area contributed by atoms with Crippen LogP contribution < -0.4 is 15.4 Å². The van der Waals surface area contributed by atoms with Crippen molar-refractivity contribution in [3.8, 4) is 5.75 Å². The van der Waals surface area contributed by atoms with E-state index in [0.29, 0.717) is 5.56 Å². The average molecular weight is 279 g/mol. The Labute approximate surface area is 116 Å². The zero-order valence-electron chi connectivity index (χ0n) is 11.2. The molecule has 0 aromatic heterocycles. The number of hydrogen-bond acceptors (Lipinski definition) is 5. The van der Waals surface area contributed by atoms with E-state index in [9.17, 15) is 14.9 Å². The van der Waals surface area contributed by atoms with Crippen LogP contribution in [-0.2, 0) is 0 Å². The number of carbonyl (C=O) groups excluding carboxylic acids is 1. The SMILES string of the molecule is COc1cc(C(=O)NC2CCNCC2)ccc1[N+](=O)[O-]. The van der Waals surface area contributed by atoms with E-state index >= 15 is 0 Å². The van der Waals surface area contributed by atoms with Crippen LogP contribution in [0.5, 0.6) is 5.75 Å². The van der Waals surface area contributed by atoms with Gasteiger partial charge < -0.3 is 15.4 Å². The summed E-state index contributed by atoms with van der Waals surface area (Å²) in [5.74, 6) is -0.141. The highest BCUT2D eigenvalue weighted by Gasteiger charge is 2.20. The van der Waals surface area contributed by atoms with Gasteiger partial charge in [-0.1, -0.05) is 0 Å². The van der Waals surface area contributed by atoms with E-state index in [0.717, 1.165) is 25.9 Å². The number of carbonyl (C=O) groups is 1. The number of ether oxygens (including phenoxy) is 1. The first kappa shape index (κ1) is 14.3. The van der Waals surface area contributed by atoms with Gasteiger partial charge in [-0.2, -0.15) is 0 Å². The smallest absolute Gasteiger partial charge is 0.310 e. The van der Waals surface area contributed by atoms with E-state index < -0.39 is 4.92 Å². The minimum Gasteiger partial charge on any atom is -0.490 e. The van der Waals surface area contributed by atoms with Crippen molar-refractivity contribution in [3.63, 3.8) is 0 Å². The van der Waals surface area contributed by atoms with E-state index in [1.165, 1.54) is 25.3 Å². The number of nitro groups is 1. The van der Waals surface area contributed by atoms with Crippen LogP contribution >= 0.6 is 0 Å². The molecule has 20 heavy (non-hydrogen) atoms. The second-order valence-corrected chi connectivity index (χ2v) is 4.64. The number of nitrogens with one attached hydrogen (secondary N) is 2. The van der Waals surface area contributed by atoms with Crippen molar-refractivity contribution in [3.05, 3.63) is 33.9 Å². The minimum atomic E-state index is -0.534. The van der Waals surface area contributed by atoms with E-state index in [1.807, 2.05) is 0 Å². The van der Waals surface area contributed by atoms with Gasteiger partial charge in [-0.25, -0.2) is 0 Å². The number of nitro benzene ring substituents is 1. The molecule has 2 N–H and O–H groups in total. The summed E-state index contributed by atoms with van der Waals surface area (Å²) < 4.78 is 4.96. The molecule has 108 valence electrons. The van der Waals surface area contributed by atoms with E-state index in [2.05, 4.69) is 10.6 Å². The standard InChI is InChI=1S/C13H17N3O4/c1-20-12-8-9(2-3-11(12)16(18)19)13(17)15-10-4-6-14-7-5-10/h2-3,8,10,14H,4-7H2,1H3,(H,15,17). The molecular formula is C13H17N3O4. The summed E-state index contributed by atoms with van der Waals surface area (Å²) in [4.78, 5) is 22.4. The normalized spacial score (nSPS) is 15.7. The zero-order valence-corrected chi connectivity index (χ0v) is 11.2. The van der Waals surface area contributed by atoms with Crippen molar-refractivity contribution in [2.75, 3.05) is 20.2 Å². The fourth-order valence-corrected chi connectivity index (χ4v) is 2.20. The minimum absolute atomic E-state index is 0.0907. The highest BCUT2D eigenvalue weighted by atomic mass is 16.6. The Kier molecular flexibility index (Phi) is 4.52. The third-order valence-electron chi connectivity index (χ3n) is 3.31. The number of nitrogens with zero attached hydrogens (tertiary/aromatic N) is 1. The molecule has 1 fully saturated rings. The lowest BCUT2D eigenvalue weighted by atomic mass is 10.1. The molecule has 1 aliphatic rings. The van der Waals surface area contributed by atoms with Gasteiger partial charge in [-0.3, -0.25) is 14.9 Å². The predicted octanol–water partition coefficient (Wildman–Crippen LogP) is 1.09. The third-order valence-corrected chi connectivity index (χ3v) is 3.31. The van der Waals surface area contributed by atoms with Gasteiger partial charge in [0.05, 0.1) is 12.0 Å². The highest BCUT2D eigenvalue weighted by molar-refractivity contribution is 5.95. The summed E-state index contributed by atoms with van der Waals surface area (Å²) in [5.41, 5.74) is 0.219. The lowest BCUT2D eigenvalue weighted by molar-refractivity contribution is -0.385. The molecule has 0 radical (unpaired) electrons. The van der Waals surface area contributed by atoms with Crippen LogP contribution in [0.3, 0.4) is 0 Å². The molecule has 7 heteroatoms. The summed E-state index contributed by atoms with van der Waals surface area (Å²) in [5, 5.41) is 16.9. The molecule has 1 aromatic carbocycles. The number of rotatable bonds is 4. The molecule has 0 saturated carbocycles. The summed E-state index contributed by atoms with van der Waals surface area (Å²) in [6, 6.07) is 4.27. The maximum absolute atomic E-state index is 12.1. The highest BCUT2D eigenvalue weighted by Crippen LogP contribution is 2.27. The maximum atomic E-state index is 12.1. The first-order valence-electron chi connectivity index (χ1n) is 6.46. The molecule has 1 heterocycles.